The number of nitrogens with zero attached hydrogens (tertiary/aromatic N) is 4. The molecule has 12 heteroatoms. The zero-order chi connectivity index (χ0) is 23.3. The monoisotopic (exact) mass is 455 g/mol. The van der Waals surface area contributed by atoms with E-state index in [2.05, 4.69) is 20.4 Å². The third-order valence-electron chi connectivity index (χ3n) is 5.15. The Morgan fingerprint density at radius 1 is 1.06 bits per heavy atom. The molecule has 3 heterocycles. The fourth-order valence-corrected chi connectivity index (χ4v) is 3.59. The van der Waals surface area contributed by atoms with E-state index in [0.717, 1.165) is 22.5 Å². The van der Waals surface area contributed by atoms with Crippen LogP contribution in [-0.4, -0.2) is 25.7 Å². The lowest BCUT2D eigenvalue weighted by Gasteiger charge is -2.15. The predicted molar refractivity (Wildman–Crippen MR) is 99.2 cm³/mol. The molecular formula is C20H15F6N5O. The summed E-state index contributed by atoms with van der Waals surface area (Å²) in [5.74, 6) is -0.741. The van der Waals surface area contributed by atoms with E-state index in [-0.39, 0.29) is 17.0 Å². The molecule has 0 unspecified atom stereocenters. The quantitative estimate of drug-likeness (QED) is 0.597. The number of carbonyl (C=O) groups is 1. The highest BCUT2D eigenvalue weighted by molar-refractivity contribution is 5.93. The number of carbonyl (C=O) groups excluding carboxylic acids is 1. The van der Waals surface area contributed by atoms with E-state index in [1.165, 1.54) is 19.3 Å². The normalized spacial score (nSPS) is 16.2. The molecule has 3 aromatic heterocycles. The van der Waals surface area contributed by atoms with Crippen LogP contribution in [0.1, 0.15) is 45.5 Å². The third-order valence-corrected chi connectivity index (χ3v) is 5.15. The number of hydrogen-bond donors (Lipinski definition) is 1. The van der Waals surface area contributed by atoms with Gasteiger partial charge >= 0.3 is 12.4 Å². The van der Waals surface area contributed by atoms with Gasteiger partial charge < -0.3 is 5.32 Å². The standard InChI is InChI=1S/C20H15F6N5O/c1-31-15(8-17(30-31)20(24,25)26)18(32)29-13-3-2-11-9-28-14(7-12(11)13)10-4-5-27-16(6-10)19(21,22)23/h4-9,13H,2-3H2,1H3,(H,29,32)/t13-/m0/s1. The molecule has 0 bridgehead atoms. The molecule has 0 spiro atoms. The fraction of sp³-hybridized carbons (Fsp3) is 0.300. The Bertz CT molecular complexity index is 1180. The van der Waals surface area contributed by atoms with Crippen LogP contribution in [0.15, 0.2) is 36.7 Å². The van der Waals surface area contributed by atoms with Crippen LogP contribution in [0.3, 0.4) is 0 Å². The Balaban J connectivity index is 1.60. The second-order valence-corrected chi connectivity index (χ2v) is 7.30. The Morgan fingerprint density at radius 3 is 2.44 bits per heavy atom. The first-order valence-corrected chi connectivity index (χ1v) is 9.38. The van der Waals surface area contributed by atoms with Gasteiger partial charge in [-0.05, 0) is 42.2 Å². The Labute approximate surface area is 177 Å². The van der Waals surface area contributed by atoms with Gasteiger partial charge in [-0.3, -0.25) is 19.4 Å². The Kier molecular flexibility index (Phi) is 5.18. The lowest BCUT2D eigenvalue weighted by molar-refractivity contribution is -0.142. The lowest BCUT2D eigenvalue weighted by atomic mass is 10.0. The van der Waals surface area contributed by atoms with Gasteiger partial charge in [-0.1, -0.05) is 0 Å². The Hall–Kier alpha value is -3.44. The van der Waals surface area contributed by atoms with E-state index in [0.29, 0.717) is 24.5 Å². The average molecular weight is 455 g/mol. The number of nitrogens with one attached hydrogen (secondary N) is 1. The van der Waals surface area contributed by atoms with Crippen molar-refractivity contribution < 1.29 is 31.1 Å². The second-order valence-electron chi connectivity index (χ2n) is 7.30. The molecule has 3 aromatic rings. The number of aryl methyl sites for hydroxylation is 2. The SMILES string of the molecule is Cn1nc(C(F)(F)F)cc1C(=O)N[C@H]1CCc2cnc(-c3ccnc(C(F)(F)F)c3)cc21. The minimum Gasteiger partial charge on any atom is -0.344 e. The first-order valence-electron chi connectivity index (χ1n) is 9.38. The maximum atomic E-state index is 13.0. The van der Waals surface area contributed by atoms with Crippen LogP contribution < -0.4 is 5.32 Å². The minimum atomic E-state index is -4.68. The molecule has 1 atom stereocenters. The van der Waals surface area contributed by atoms with Gasteiger partial charge in [0.1, 0.15) is 11.4 Å². The lowest BCUT2D eigenvalue weighted by Crippen LogP contribution is -2.28. The summed E-state index contributed by atoms with van der Waals surface area (Å²) < 4.78 is 78.4. The van der Waals surface area contributed by atoms with Crippen LogP contribution in [-0.2, 0) is 25.8 Å². The highest BCUT2D eigenvalue weighted by Crippen LogP contribution is 2.35. The van der Waals surface area contributed by atoms with Crippen LogP contribution in [0.5, 0.6) is 0 Å². The number of halogens is 6. The summed E-state index contributed by atoms with van der Waals surface area (Å²) in [4.78, 5) is 20.1. The highest BCUT2D eigenvalue weighted by Gasteiger charge is 2.36. The van der Waals surface area contributed by atoms with Crippen LogP contribution in [0.2, 0.25) is 0 Å². The molecule has 0 radical (unpaired) electrons. The fourth-order valence-electron chi connectivity index (χ4n) is 3.59. The van der Waals surface area contributed by atoms with Crippen molar-refractivity contribution in [1.29, 1.82) is 0 Å². The van der Waals surface area contributed by atoms with Gasteiger partial charge in [-0.25, -0.2) is 0 Å². The number of fused-ring (bicyclic) bond motifs is 1. The summed E-state index contributed by atoms with van der Waals surface area (Å²) in [7, 11) is 1.23. The number of rotatable bonds is 3. The van der Waals surface area contributed by atoms with E-state index < -0.39 is 35.7 Å². The van der Waals surface area contributed by atoms with Crippen molar-refractivity contribution in [3.8, 4) is 11.3 Å². The van der Waals surface area contributed by atoms with Crippen LogP contribution in [0.4, 0.5) is 26.3 Å². The maximum absolute atomic E-state index is 13.0. The van der Waals surface area contributed by atoms with Gasteiger partial charge in [-0.15, -0.1) is 0 Å². The topological polar surface area (TPSA) is 72.7 Å². The molecule has 0 fully saturated rings. The van der Waals surface area contributed by atoms with Gasteiger partial charge in [0.2, 0.25) is 0 Å². The number of hydrogen-bond acceptors (Lipinski definition) is 4. The summed E-state index contributed by atoms with van der Waals surface area (Å²) in [6.45, 7) is 0. The molecule has 0 saturated carbocycles. The van der Waals surface area contributed by atoms with Crippen molar-refractivity contribution in [2.45, 2.75) is 31.2 Å². The van der Waals surface area contributed by atoms with Gasteiger partial charge in [-0.2, -0.15) is 31.4 Å². The predicted octanol–water partition coefficient (Wildman–Crippen LogP) is 4.33. The summed E-state index contributed by atoms with van der Waals surface area (Å²) in [6, 6.07) is 3.98. The van der Waals surface area contributed by atoms with E-state index in [9.17, 15) is 31.1 Å². The van der Waals surface area contributed by atoms with Crippen molar-refractivity contribution in [2.24, 2.45) is 7.05 Å². The molecule has 4 rings (SSSR count). The van der Waals surface area contributed by atoms with Crippen LogP contribution >= 0.6 is 0 Å². The number of amides is 1. The molecule has 6 nitrogen and oxygen atoms in total. The van der Waals surface area contributed by atoms with E-state index >= 15 is 0 Å². The third kappa shape index (κ3) is 4.16. The summed E-state index contributed by atoms with van der Waals surface area (Å²) in [5, 5.41) is 6.01. The minimum absolute atomic E-state index is 0.202. The zero-order valence-electron chi connectivity index (χ0n) is 16.4. The highest BCUT2D eigenvalue weighted by atomic mass is 19.4. The summed E-state index contributed by atoms with van der Waals surface area (Å²) >= 11 is 0. The zero-order valence-corrected chi connectivity index (χ0v) is 16.4. The molecule has 1 aliphatic carbocycles. The van der Waals surface area contributed by atoms with Crippen LogP contribution in [0, 0.1) is 0 Å². The van der Waals surface area contributed by atoms with E-state index in [4.69, 9.17) is 0 Å². The average Bonchev–Trinajstić information content (AvgIpc) is 3.30. The van der Waals surface area contributed by atoms with Crippen molar-refractivity contribution in [1.82, 2.24) is 25.1 Å². The molecular weight excluding hydrogens is 440 g/mol. The van der Waals surface area contributed by atoms with Gasteiger partial charge in [0.05, 0.1) is 11.7 Å². The van der Waals surface area contributed by atoms with E-state index in [1.54, 1.807) is 6.07 Å². The maximum Gasteiger partial charge on any atom is 0.435 e. The number of aromatic nitrogens is 4. The summed E-state index contributed by atoms with van der Waals surface area (Å²) in [6.07, 6.45) is -5.71. The second kappa shape index (κ2) is 7.61. The molecule has 1 amide bonds. The van der Waals surface area contributed by atoms with Gasteiger partial charge in [0.25, 0.3) is 5.91 Å². The molecule has 0 aromatic carbocycles. The number of pyridine rings is 2. The molecule has 0 saturated heterocycles. The first-order chi connectivity index (χ1) is 14.9. The largest absolute Gasteiger partial charge is 0.435 e. The smallest absolute Gasteiger partial charge is 0.344 e. The molecule has 1 N–H and O–H groups in total. The summed E-state index contributed by atoms with van der Waals surface area (Å²) in [5.41, 5.74) is -0.590. The molecule has 168 valence electrons. The van der Waals surface area contributed by atoms with Crippen molar-refractivity contribution in [2.75, 3.05) is 0 Å². The first kappa shape index (κ1) is 21.8. The van der Waals surface area contributed by atoms with Crippen LogP contribution in [0.25, 0.3) is 11.3 Å². The molecule has 1 aliphatic rings. The molecule has 0 aliphatic heterocycles. The van der Waals surface area contributed by atoms with Gasteiger partial charge in [0.15, 0.2) is 5.69 Å². The Morgan fingerprint density at radius 2 is 1.78 bits per heavy atom. The van der Waals surface area contributed by atoms with Crippen molar-refractivity contribution in [3.05, 3.63) is 64.9 Å². The van der Waals surface area contributed by atoms with Crippen molar-refractivity contribution in [3.63, 3.8) is 0 Å². The van der Waals surface area contributed by atoms with Gasteiger partial charge in [0, 0.05) is 31.1 Å². The van der Waals surface area contributed by atoms with E-state index in [1.807, 2.05) is 0 Å². The number of alkyl halides is 6. The molecule has 32 heavy (non-hydrogen) atoms. The van der Waals surface area contributed by atoms with Crippen molar-refractivity contribution >= 4 is 5.91 Å².